The summed E-state index contributed by atoms with van der Waals surface area (Å²) in [7, 11) is 0. The van der Waals surface area contributed by atoms with Gasteiger partial charge in [-0.25, -0.2) is 0 Å². The van der Waals surface area contributed by atoms with E-state index in [2.05, 4.69) is 32.9 Å². The van der Waals surface area contributed by atoms with Gasteiger partial charge in [0, 0.05) is 0 Å². The van der Waals surface area contributed by atoms with Gasteiger partial charge in [-0.2, -0.15) is 0 Å². The van der Waals surface area contributed by atoms with Crippen molar-refractivity contribution in [1.82, 2.24) is 0 Å². The SMILES string of the molecule is CC1(C)CCC[C@@]2(C)[C@H]1CC[C@@]13C=C[C@H](CC[C@@H]12)C3. The largest absolute Gasteiger partial charge is 0.0848 e. The van der Waals surface area contributed by atoms with Crippen LogP contribution in [0.2, 0.25) is 0 Å². The fourth-order valence-electron chi connectivity index (χ4n) is 7.14. The summed E-state index contributed by atoms with van der Waals surface area (Å²) in [6, 6.07) is 0. The van der Waals surface area contributed by atoms with Crippen molar-refractivity contribution in [3.63, 3.8) is 0 Å². The van der Waals surface area contributed by atoms with Crippen LogP contribution in [0.5, 0.6) is 0 Å². The summed E-state index contributed by atoms with van der Waals surface area (Å²) < 4.78 is 0. The highest BCUT2D eigenvalue weighted by Crippen LogP contribution is 2.69. The van der Waals surface area contributed by atoms with Crippen LogP contribution >= 0.6 is 0 Å². The minimum absolute atomic E-state index is 0.591. The van der Waals surface area contributed by atoms with Gasteiger partial charge in [0.15, 0.2) is 0 Å². The van der Waals surface area contributed by atoms with Crippen molar-refractivity contribution in [2.75, 3.05) is 0 Å². The Labute approximate surface area is 119 Å². The van der Waals surface area contributed by atoms with Gasteiger partial charge in [0.2, 0.25) is 0 Å². The molecule has 0 saturated heterocycles. The maximum Gasteiger partial charge on any atom is -0.00789 e. The Hall–Kier alpha value is -0.260. The number of rotatable bonds is 0. The summed E-state index contributed by atoms with van der Waals surface area (Å²) in [5.74, 6) is 2.91. The second kappa shape index (κ2) is 3.68. The van der Waals surface area contributed by atoms with Crippen molar-refractivity contribution in [2.24, 2.45) is 34.0 Å². The van der Waals surface area contributed by atoms with Gasteiger partial charge in [0.1, 0.15) is 0 Å². The molecular formula is C19H30. The molecule has 0 aromatic heterocycles. The quantitative estimate of drug-likeness (QED) is 0.497. The van der Waals surface area contributed by atoms with Gasteiger partial charge in [0.05, 0.1) is 0 Å². The third-order valence-electron chi connectivity index (χ3n) is 7.83. The van der Waals surface area contributed by atoms with E-state index in [1.807, 2.05) is 0 Å². The van der Waals surface area contributed by atoms with Crippen LogP contribution in [-0.4, -0.2) is 0 Å². The predicted octanol–water partition coefficient (Wildman–Crippen LogP) is 5.59. The molecule has 4 aliphatic carbocycles. The second-order valence-corrected chi connectivity index (χ2v) is 9.13. The molecule has 0 aromatic rings. The van der Waals surface area contributed by atoms with Gasteiger partial charge in [-0.3, -0.25) is 0 Å². The third kappa shape index (κ3) is 1.52. The van der Waals surface area contributed by atoms with Crippen molar-refractivity contribution in [3.05, 3.63) is 12.2 Å². The van der Waals surface area contributed by atoms with E-state index in [0.29, 0.717) is 16.2 Å². The Kier molecular flexibility index (Phi) is 2.42. The maximum atomic E-state index is 2.68. The van der Waals surface area contributed by atoms with E-state index < -0.39 is 0 Å². The number of hydrogen-bond acceptors (Lipinski definition) is 0. The molecule has 0 aromatic carbocycles. The minimum Gasteiger partial charge on any atom is -0.0848 e. The number of hydrogen-bond donors (Lipinski definition) is 0. The first-order valence-electron chi connectivity index (χ1n) is 8.66. The topological polar surface area (TPSA) is 0 Å². The van der Waals surface area contributed by atoms with E-state index in [1.165, 1.54) is 51.4 Å². The highest BCUT2D eigenvalue weighted by Gasteiger charge is 2.60. The Morgan fingerprint density at radius 1 is 0.895 bits per heavy atom. The normalized spacial score (nSPS) is 54.6. The summed E-state index contributed by atoms with van der Waals surface area (Å²) in [6.07, 6.45) is 17.2. The molecule has 0 heterocycles. The molecule has 0 nitrogen and oxygen atoms in total. The van der Waals surface area contributed by atoms with E-state index in [4.69, 9.17) is 0 Å². The predicted molar refractivity (Wildman–Crippen MR) is 80.9 cm³/mol. The van der Waals surface area contributed by atoms with Crippen LogP contribution in [0.1, 0.15) is 72.1 Å². The molecule has 3 fully saturated rings. The van der Waals surface area contributed by atoms with Crippen LogP contribution in [0.15, 0.2) is 12.2 Å². The fraction of sp³-hybridized carbons (Fsp3) is 0.895. The Morgan fingerprint density at radius 2 is 1.74 bits per heavy atom. The van der Waals surface area contributed by atoms with Crippen molar-refractivity contribution in [1.29, 1.82) is 0 Å². The molecule has 3 saturated carbocycles. The van der Waals surface area contributed by atoms with Gasteiger partial charge in [-0.15, -0.1) is 0 Å². The molecule has 0 amide bonds. The maximum absolute atomic E-state index is 2.68. The molecule has 4 aliphatic rings. The first-order chi connectivity index (χ1) is 8.96. The Morgan fingerprint density at radius 3 is 2.58 bits per heavy atom. The zero-order valence-electron chi connectivity index (χ0n) is 13.0. The summed E-state index contributed by atoms with van der Waals surface area (Å²) in [6.45, 7) is 7.79. The summed E-state index contributed by atoms with van der Waals surface area (Å²) >= 11 is 0. The van der Waals surface area contributed by atoms with Crippen molar-refractivity contribution >= 4 is 0 Å². The van der Waals surface area contributed by atoms with E-state index in [-0.39, 0.29) is 0 Å². The first kappa shape index (κ1) is 12.5. The third-order valence-corrected chi connectivity index (χ3v) is 7.83. The summed E-state index contributed by atoms with van der Waals surface area (Å²) in [4.78, 5) is 0. The molecule has 0 heteroatoms. The van der Waals surface area contributed by atoms with Gasteiger partial charge in [-0.05, 0) is 78.9 Å². The molecule has 0 N–H and O–H groups in total. The van der Waals surface area contributed by atoms with Crippen molar-refractivity contribution < 1.29 is 0 Å². The second-order valence-electron chi connectivity index (χ2n) is 9.13. The lowest BCUT2D eigenvalue weighted by Gasteiger charge is -2.63. The van der Waals surface area contributed by atoms with Gasteiger partial charge in [0.25, 0.3) is 0 Å². The lowest BCUT2D eigenvalue weighted by molar-refractivity contribution is -0.133. The van der Waals surface area contributed by atoms with Crippen LogP contribution in [0.25, 0.3) is 0 Å². The lowest BCUT2D eigenvalue weighted by Crippen LogP contribution is -2.55. The van der Waals surface area contributed by atoms with E-state index >= 15 is 0 Å². The molecule has 0 aliphatic heterocycles. The molecule has 2 bridgehead atoms. The monoisotopic (exact) mass is 258 g/mol. The molecule has 1 spiro atoms. The van der Waals surface area contributed by atoms with Crippen molar-refractivity contribution in [3.8, 4) is 0 Å². The van der Waals surface area contributed by atoms with E-state index in [0.717, 1.165) is 17.8 Å². The van der Waals surface area contributed by atoms with Gasteiger partial charge in [-0.1, -0.05) is 39.3 Å². The van der Waals surface area contributed by atoms with Crippen LogP contribution in [0.4, 0.5) is 0 Å². The average molecular weight is 258 g/mol. The summed E-state index contributed by atoms with van der Waals surface area (Å²) in [5, 5.41) is 0. The average Bonchev–Trinajstić information content (AvgIpc) is 2.64. The minimum atomic E-state index is 0.591. The number of allylic oxidation sites excluding steroid dienone is 2. The van der Waals surface area contributed by atoms with Gasteiger partial charge < -0.3 is 0 Å². The van der Waals surface area contributed by atoms with Crippen LogP contribution in [0, 0.1) is 34.0 Å². The molecule has 0 radical (unpaired) electrons. The molecule has 4 rings (SSSR count). The van der Waals surface area contributed by atoms with Crippen LogP contribution in [-0.2, 0) is 0 Å². The highest BCUT2D eigenvalue weighted by molar-refractivity contribution is 5.21. The Bertz CT molecular complexity index is 418. The molecule has 19 heavy (non-hydrogen) atoms. The molecule has 5 atom stereocenters. The number of fused-ring (bicyclic) bond motifs is 3. The lowest BCUT2D eigenvalue weighted by atomic mass is 9.41. The molecular weight excluding hydrogens is 228 g/mol. The van der Waals surface area contributed by atoms with Crippen LogP contribution in [0.3, 0.4) is 0 Å². The molecule has 106 valence electrons. The van der Waals surface area contributed by atoms with E-state index in [1.54, 1.807) is 0 Å². The zero-order valence-corrected chi connectivity index (χ0v) is 13.0. The molecule has 0 unspecified atom stereocenters. The van der Waals surface area contributed by atoms with Crippen LogP contribution < -0.4 is 0 Å². The van der Waals surface area contributed by atoms with Crippen molar-refractivity contribution in [2.45, 2.75) is 72.1 Å². The van der Waals surface area contributed by atoms with E-state index in [9.17, 15) is 0 Å². The first-order valence-corrected chi connectivity index (χ1v) is 8.66. The van der Waals surface area contributed by atoms with Gasteiger partial charge >= 0.3 is 0 Å². The summed E-state index contributed by atoms with van der Waals surface area (Å²) in [5.41, 5.74) is 1.86. The standard InChI is InChI=1S/C19H30/c1-17(2)9-4-10-18(3)15(17)8-12-19-11-7-14(13-19)5-6-16(18)19/h7,11,14-16H,4-6,8-10,12-13H2,1-3H3/t14-,15-,16+,18-,19+/m0/s1. The smallest absolute Gasteiger partial charge is 0.00789 e. The zero-order chi connectivity index (χ0) is 13.3. The Balaban J connectivity index is 1.75. The fourth-order valence-corrected chi connectivity index (χ4v) is 7.14. The highest BCUT2D eigenvalue weighted by atomic mass is 14.6.